The van der Waals surface area contributed by atoms with Crippen LogP contribution < -0.4 is 19.5 Å². The van der Waals surface area contributed by atoms with E-state index in [0.29, 0.717) is 12.2 Å². The molecule has 27 heavy (non-hydrogen) atoms. The lowest BCUT2D eigenvalue weighted by molar-refractivity contribution is -0.128. The van der Waals surface area contributed by atoms with Crippen molar-refractivity contribution in [3.05, 3.63) is 52.5 Å². The first-order chi connectivity index (χ1) is 12.8. The largest absolute Gasteiger partial charge is 0.497 e. The van der Waals surface area contributed by atoms with Gasteiger partial charge in [0.05, 0.1) is 13.2 Å². The lowest BCUT2D eigenvalue weighted by atomic mass is 9.89. The Morgan fingerprint density at radius 3 is 2.56 bits per heavy atom. The second-order valence-corrected chi connectivity index (χ2v) is 8.16. The summed E-state index contributed by atoms with van der Waals surface area (Å²) >= 11 is 3.39. The van der Waals surface area contributed by atoms with E-state index in [9.17, 15) is 4.79 Å². The molecule has 3 rings (SSSR count). The van der Waals surface area contributed by atoms with E-state index in [4.69, 9.17) is 14.2 Å². The first-order valence-electron chi connectivity index (χ1n) is 8.87. The van der Waals surface area contributed by atoms with E-state index in [1.54, 1.807) is 14.0 Å². The molecular formula is C21H24BrNO4. The van der Waals surface area contributed by atoms with Gasteiger partial charge in [0.2, 0.25) is 0 Å². The van der Waals surface area contributed by atoms with Crippen LogP contribution in [0.1, 0.15) is 38.8 Å². The fourth-order valence-corrected chi connectivity index (χ4v) is 3.41. The Labute approximate surface area is 168 Å². The molecule has 2 atom stereocenters. The molecule has 144 valence electrons. The summed E-state index contributed by atoms with van der Waals surface area (Å²) < 4.78 is 18.1. The van der Waals surface area contributed by atoms with E-state index in [-0.39, 0.29) is 17.6 Å². The summed E-state index contributed by atoms with van der Waals surface area (Å²) in [5, 5.41) is 3.10. The number of hydrogen-bond acceptors (Lipinski definition) is 4. The molecular weight excluding hydrogens is 410 g/mol. The number of fused-ring (bicyclic) bond motifs is 1. The van der Waals surface area contributed by atoms with Gasteiger partial charge in [-0.15, -0.1) is 0 Å². The lowest BCUT2D eigenvalue weighted by Crippen LogP contribution is -2.44. The molecule has 0 aliphatic carbocycles. The third kappa shape index (κ3) is 4.75. The molecule has 2 aromatic carbocycles. The molecule has 1 aliphatic heterocycles. The van der Waals surface area contributed by atoms with E-state index in [1.807, 2.05) is 56.3 Å². The van der Waals surface area contributed by atoms with Gasteiger partial charge in [-0.1, -0.05) is 15.9 Å². The first-order valence-corrected chi connectivity index (χ1v) is 9.66. The molecule has 1 amide bonds. The fourth-order valence-electron chi connectivity index (χ4n) is 3.15. The van der Waals surface area contributed by atoms with Gasteiger partial charge in [-0.3, -0.25) is 4.79 Å². The standard InChI is InChI=1S/C21H24BrNO4/c1-13(26-15-7-5-14(22)6-8-15)20(24)23-18-12-21(2,3)27-19-10-9-16(25-4)11-17(18)19/h5-11,13,18H,12H2,1-4H3,(H,23,24)/t13-,18+/m1/s1. The number of rotatable bonds is 5. The van der Waals surface area contributed by atoms with Crippen LogP contribution in [0.2, 0.25) is 0 Å². The third-order valence-electron chi connectivity index (χ3n) is 4.49. The first kappa shape index (κ1) is 19.5. The van der Waals surface area contributed by atoms with Gasteiger partial charge in [-0.25, -0.2) is 0 Å². The molecule has 0 saturated heterocycles. The maximum absolute atomic E-state index is 12.7. The van der Waals surface area contributed by atoms with E-state index in [2.05, 4.69) is 21.2 Å². The highest BCUT2D eigenvalue weighted by Gasteiger charge is 2.35. The van der Waals surface area contributed by atoms with Crippen LogP contribution in [0.25, 0.3) is 0 Å². The number of methoxy groups -OCH3 is 1. The number of carbonyl (C=O) groups excluding carboxylic acids is 1. The highest BCUT2D eigenvalue weighted by molar-refractivity contribution is 9.10. The van der Waals surface area contributed by atoms with Gasteiger partial charge in [0.1, 0.15) is 22.8 Å². The Kier molecular flexibility index (Phi) is 5.65. The summed E-state index contributed by atoms with van der Waals surface area (Å²) in [6, 6.07) is 12.9. The average Bonchev–Trinajstić information content (AvgIpc) is 2.62. The smallest absolute Gasteiger partial charge is 0.261 e. The predicted octanol–water partition coefficient (Wildman–Crippen LogP) is 4.64. The van der Waals surface area contributed by atoms with E-state index < -0.39 is 6.10 Å². The Bertz CT molecular complexity index is 819. The summed E-state index contributed by atoms with van der Waals surface area (Å²) in [5.41, 5.74) is 0.535. The van der Waals surface area contributed by atoms with E-state index in [1.165, 1.54) is 0 Å². The van der Waals surface area contributed by atoms with Gasteiger partial charge in [-0.05, 0) is 63.2 Å². The molecule has 1 N–H and O–H groups in total. The molecule has 1 aliphatic rings. The van der Waals surface area contributed by atoms with Crippen LogP contribution in [0.15, 0.2) is 46.9 Å². The van der Waals surface area contributed by atoms with Crippen molar-refractivity contribution in [2.45, 2.75) is 44.9 Å². The highest BCUT2D eigenvalue weighted by atomic mass is 79.9. The lowest BCUT2D eigenvalue weighted by Gasteiger charge is -2.38. The van der Waals surface area contributed by atoms with Crippen molar-refractivity contribution in [3.63, 3.8) is 0 Å². The maximum atomic E-state index is 12.7. The molecule has 0 unspecified atom stereocenters. The monoisotopic (exact) mass is 433 g/mol. The predicted molar refractivity (Wildman–Crippen MR) is 107 cm³/mol. The quantitative estimate of drug-likeness (QED) is 0.745. The number of nitrogens with one attached hydrogen (secondary N) is 1. The zero-order valence-electron chi connectivity index (χ0n) is 15.9. The zero-order chi connectivity index (χ0) is 19.6. The van der Waals surface area contributed by atoms with Crippen molar-refractivity contribution in [1.29, 1.82) is 0 Å². The second kappa shape index (κ2) is 7.80. The number of amides is 1. The van der Waals surface area contributed by atoms with Crippen LogP contribution in [0.5, 0.6) is 17.2 Å². The van der Waals surface area contributed by atoms with Crippen LogP contribution >= 0.6 is 15.9 Å². The van der Waals surface area contributed by atoms with Crippen LogP contribution in [-0.2, 0) is 4.79 Å². The Morgan fingerprint density at radius 2 is 1.89 bits per heavy atom. The van der Waals surface area contributed by atoms with Gasteiger partial charge in [0.15, 0.2) is 6.10 Å². The van der Waals surface area contributed by atoms with Crippen molar-refractivity contribution in [1.82, 2.24) is 5.32 Å². The van der Waals surface area contributed by atoms with Crippen molar-refractivity contribution in [2.24, 2.45) is 0 Å². The number of carbonyl (C=O) groups is 1. The van der Waals surface area contributed by atoms with Crippen molar-refractivity contribution >= 4 is 21.8 Å². The van der Waals surface area contributed by atoms with Crippen LogP contribution in [0.3, 0.4) is 0 Å². The number of ether oxygens (including phenoxy) is 3. The van der Waals surface area contributed by atoms with Crippen molar-refractivity contribution in [2.75, 3.05) is 7.11 Å². The van der Waals surface area contributed by atoms with Crippen molar-refractivity contribution < 1.29 is 19.0 Å². The summed E-state index contributed by atoms with van der Waals surface area (Å²) in [6.45, 7) is 5.77. The van der Waals surface area contributed by atoms with Gasteiger partial charge in [0, 0.05) is 16.5 Å². The minimum Gasteiger partial charge on any atom is -0.497 e. The van der Waals surface area contributed by atoms with Crippen LogP contribution in [-0.4, -0.2) is 24.7 Å². The van der Waals surface area contributed by atoms with Gasteiger partial charge in [0.25, 0.3) is 5.91 Å². The van der Waals surface area contributed by atoms with E-state index >= 15 is 0 Å². The van der Waals surface area contributed by atoms with Crippen LogP contribution in [0.4, 0.5) is 0 Å². The van der Waals surface area contributed by atoms with Gasteiger partial charge < -0.3 is 19.5 Å². The van der Waals surface area contributed by atoms with E-state index in [0.717, 1.165) is 21.5 Å². The number of hydrogen-bond donors (Lipinski definition) is 1. The summed E-state index contributed by atoms with van der Waals surface area (Å²) in [5.74, 6) is 1.97. The molecule has 0 aromatic heterocycles. The molecule has 0 radical (unpaired) electrons. The molecule has 5 nitrogen and oxygen atoms in total. The molecule has 0 bridgehead atoms. The minimum absolute atomic E-state index is 0.172. The zero-order valence-corrected chi connectivity index (χ0v) is 17.5. The third-order valence-corrected chi connectivity index (χ3v) is 5.02. The summed E-state index contributed by atoms with van der Waals surface area (Å²) in [6.07, 6.45) is 0.0374. The average molecular weight is 434 g/mol. The Hall–Kier alpha value is -2.21. The highest BCUT2D eigenvalue weighted by Crippen LogP contribution is 2.41. The number of halogens is 1. The molecule has 1 heterocycles. The molecule has 0 fully saturated rings. The van der Waals surface area contributed by atoms with Gasteiger partial charge >= 0.3 is 0 Å². The SMILES string of the molecule is COc1ccc2c(c1)[C@@H](NC(=O)[C@@H](C)Oc1ccc(Br)cc1)CC(C)(C)O2. The summed E-state index contributed by atoms with van der Waals surface area (Å²) in [7, 11) is 1.62. The topological polar surface area (TPSA) is 56.8 Å². The second-order valence-electron chi connectivity index (χ2n) is 7.24. The molecule has 0 saturated carbocycles. The molecule has 2 aromatic rings. The minimum atomic E-state index is -0.619. The van der Waals surface area contributed by atoms with Crippen LogP contribution in [0, 0.1) is 0 Å². The Balaban J connectivity index is 1.75. The molecule has 6 heteroatoms. The maximum Gasteiger partial charge on any atom is 0.261 e. The fraction of sp³-hybridized carbons (Fsp3) is 0.381. The van der Waals surface area contributed by atoms with Crippen molar-refractivity contribution in [3.8, 4) is 17.2 Å². The summed E-state index contributed by atoms with van der Waals surface area (Å²) in [4.78, 5) is 12.7. The van der Waals surface area contributed by atoms with Gasteiger partial charge in [-0.2, -0.15) is 0 Å². The Morgan fingerprint density at radius 1 is 1.22 bits per heavy atom. The number of benzene rings is 2. The normalized spacial score (nSPS) is 18.6. The molecule has 0 spiro atoms.